The van der Waals surface area contributed by atoms with E-state index in [9.17, 15) is 4.39 Å². The SMILES string of the molecule is CCC(C)=Nc1ccc(C#N)c(F)c1C. The highest BCUT2D eigenvalue weighted by Crippen LogP contribution is 2.23. The number of nitriles is 1. The number of rotatable bonds is 2. The summed E-state index contributed by atoms with van der Waals surface area (Å²) in [6, 6.07) is 4.95. The van der Waals surface area contributed by atoms with Crippen molar-refractivity contribution in [3.63, 3.8) is 0 Å². The van der Waals surface area contributed by atoms with E-state index in [2.05, 4.69) is 4.99 Å². The van der Waals surface area contributed by atoms with Crippen LogP contribution in [0.15, 0.2) is 17.1 Å². The lowest BCUT2D eigenvalue weighted by molar-refractivity contribution is 0.615. The van der Waals surface area contributed by atoms with Crippen LogP contribution in [0, 0.1) is 24.1 Å². The number of nitrogens with zero attached hydrogens (tertiary/aromatic N) is 2. The fraction of sp³-hybridized carbons (Fsp3) is 0.333. The molecule has 1 aromatic rings. The number of benzene rings is 1. The van der Waals surface area contributed by atoms with Crippen molar-refractivity contribution in [2.45, 2.75) is 27.2 Å². The molecule has 2 nitrogen and oxygen atoms in total. The van der Waals surface area contributed by atoms with Gasteiger partial charge >= 0.3 is 0 Å². The Morgan fingerprint density at radius 3 is 2.73 bits per heavy atom. The minimum atomic E-state index is -0.470. The second-order valence-corrected chi connectivity index (χ2v) is 3.38. The fourth-order valence-electron chi connectivity index (χ4n) is 1.17. The molecule has 0 saturated carbocycles. The second-order valence-electron chi connectivity index (χ2n) is 3.38. The average molecular weight is 204 g/mol. The Balaban J connectivity index is 3.25. The van der Waals surface area contributed by atoms with Crippen LogP contribution in [0.2, 0.25) is 0 Å². The third kappa shape index (κ3) is 2.41. The second kappa shape index (κ2) is 4.70. The monoisotopic (exact) mass is 204 g/mol. The standard InChI is InChI=1S/C12H13FN2/c1-4-8(2)15-11-6-5-10(7-14)12(13)9(11)3/h5-6H,4H2,1-3H3. The largest absolute Gasteiger partial charge is 0.258 e. The molecule has 0 unspecified atom stereocenters. The minimum Gasteiger partial charge on any atom is -0.258 e. The van der Waals surface area contributed by atoms with E-state index in [0.717, 1.165) is 12.1 Å². The molecule has 0 aliphatic carbocycles. The van der Waals surface area contributed by atoms with Gasteiger partial charge in [0.15, 0.2) is 0 Å². The van der Waals surface area contributed by atoms with Gasteiger partial charge in [0.1, 0.15) is 11.9 Å². The number of hydrogen-bond acceptors (Lipinski definition) is 2. The molecule has 3 heteroatoms. The summed E-state index contributed by atoms with van der Waals surface area (Å²) in [5, 5.41) is 8.64. The predicted octanol–water partition coefficient (Wildman–Crippen LogP) is 3.51. The molecule has 0 spiro atoms. The van der Waals surface area contributed by atoms with Gasteiger partial charge in [0, 0.05) is 11.3 Å². The van der Waals surface area contributed by atoms with Gasteiger partial charge in [0.2, 0.25) is 0 Å². The Bertz CT molecular complexity index is 442. The molecule has 1 aromatic carbocycles. The van der Waals surface area contributed by atoms with Crippen molar-refractivity contribution in [1.29, 1.82) is 5.26 Å². The highest BCUT2D eigenvalue weighted by atomic mass is 19.1. The maximum atomic E-state index is 13.5. The van der Waals surface area contributed by atoms with E-state index in [1.54, 1.807) is 13.0 Å². The van der Waals surface area contributed by atoms with Crippen LogP contribution in [0.3, 0.4) is 0 Å². The lowest BCUT2D eigenvalue weighted by Gasteiger charge is -2.04. The van der Waals surface area contributed by atoms with Crippen LogP contribution in [0.1, 0.15) is 31.4 Å². The van der Waals surface area contributed by atoms with Gasteiger partial charge < -0.3 is 0 Å². The van der Waals surface area contributed by atoms with E-state index in [-0.39, 0.29) is 5.56 Å². The van der Waals surface area contributed by atoms with Crippen LogP contribution in [0.25, 0.3) is 0 Å². The van der Waals surface area contributed by atoms with Crippen LogP contribution < -0.4 is 0 Å². The maximum absolute atomic E-state index is 13.5. The van der Waals surface area contributed by atoms with Crippen LogP contribution in [0.4, 0.5) is 10.1 Å². The molecule has 78 valence electrons. The molecular weight excluding hydrogens is 191 g/mol. The first kappa shape index (κ1) is 11.4. The Labute approximate surface area is 89.1 Å². The van der Waals surface area contributed by atoms with Gasteiger partial charge in [-0.15, -0.1) is 0 Å². The third-order valence-electron chi connectivity index (χ3n) is 2.30. The number of halogens is 1. The van der Waals surface area contributed by atoms with Crippen LogP contribution in [-0.2, 0) is 0 Å². The lowest BCUT2D eigenvalue weighted by Crippen LogP contribution is -1.91. The molecule has 15 heavy (non-hydrogen) atoms. The summed E-state index contributed by atoms with van der Waals surface area (Å²) < 4.78 is 13.5. The topological polar surface area (TPSA) is 36.1 Å². The summed E-state index contributed by atoms with van der Waals surface area (Å²) in [6.45, 7) is 5.53. The Kier molecular flexibility index (Phi) is 3.56. The first-order valence-corrected chi connectivity index (χ1v) is 4.83. The molecule has 0 fully saturated rings. The summed E-state index contributed by atoms with van der Waals surface area (Å²) in [6.07, 6.45) is 0.834. The van der Waals surface area contributed by atoms with E-state index < -0.39 is 5.82 Å². The van der Waals surface area contributed by atoms with Crippen molar-refractivity contribution >= 4 is 11.4 Å². The molecule has 0 saturated heterocycles. The summed E-state index contributed by atoms with van der Waals surface area (Å²) >= 11 is 0. The third-order valence-corrected chi connectivity index (χ3v) is 2.30. The van der Waals surface area contributed by atoms with Crippen LogP contribution in [-0.4, -0.2) is 5.71 Å². The molecule has 0 aliphatic rings. The highest BCUT2D eigenvalue weighted by Gasteiger charge is 2.08. The number of hydrogen-bond donors (Lipinski definition) is 0. The predicted molar refractivity (Wildman–Crippen MR) is 58.9 cm³/mol. The highest BCUT2D eigenvalue weighted by molar-refractivity contribution is 5.84. The fourth-order valence-corrected chi connectivity index (χ4v) is 1.17. The zero-order valence-corrected chi connectivity index (χ0v) is 9.13. The normalized spacial score (nSPS) is 11.3. The zero-order chi connectivity index (χ0) is 11.4. The summed E-state index contributed by atoms with van der Waals surface area (Å²) in [4.78, 5) is 4.28. The first-order chi connectivity index (χ1) is 7.10. The van der Waals surface area contributed by atoms with Gasteiger partial charge in [-0.25, -0.2) is 4.39 Å². The van der Waals surface area contributed by atoms with Crippen LogP contribution >= 0.6 is 0 Å². The van der Waals surface area contributed by atoms with Gasteiger partial charge in [-0.1, -0.05) is 6.92 Å². The van der Waals surface area contributed by atoms with E-state index in [4.69, 9.17) is 5.26 Å². The van der Waals surface area contributed by atoms with E-state index in [1.807, 2.05) is 19.9 Å². The molecule has 0 N–H and O–H groups in total. The maximum Gasteiger partial charge on any atom is 0.146 e. The van der Waals surface area contributed by atoms with Crippen molar-refractivity contribution in [3.05, 3.63) is 29.1 Å². The molecule has 1 rings (SSSR count). The average Bonchev–Trinajstić information content (AvgIpc) is 2.25. The van der Waals surface area contributed by atoms with Crippen molar-refractivity contribution in [2.75, 3.05) is 0 Å². The van der Waals surface area contributed by atoms with Gasteiger partial charge in [-0.2, -0.15) is 5.26 Å². The molecule has 0 radical (unpaired) electrons. The van der Waals surface area contributed by atoms with Gasteiger partial charge in [-0.3, -0.25) is 4.99 Å². The minimum absolute atomic E-state index is 0.0700. The summed E-state index contributed by atoms with van der Waals surface area (Å²) in [5.74, 6) is -0.470. The van der Waals surface area contributed by atoms with Crippen molar-refractivity contribution in [3.8, 4) is 6.07 Å². The van der Waals surface area contributed by atoms with Gasteiger partial charge in [0.25, 0.3) is 0 Å². The summed E-state index contributed by atoms with van der Waals surface area (Å²) in [5.41, 5.74) is 2.05. The Hall–Kier alpha value is -1.69. The Morgan fingerprint density at radius 1 is 1.53 bits per heavy atom. The number of aliphatic imine (C=N–C) groups is 1. The van der Waals surface area contributed by atoms with Gasteiger partial charge in [-0.05, 0) is 32.4 Å². The van der Waals surface area contributed by atoms with E-state index >= 15 is 0 Å². The zero-order valence-electron chi connectivity index (χ0n) is 9.13. The van der Waals surface area contributed by atoms with Crippen LogP contribution in [0.5, 0.6) is 0 Å². The molecule has 0 bridgehead atoms. The molecule has 0 aromatic heterocycles. The quantitative estimate of drug-likeness (QED) is 0.679. The molecular formula is C12H13FN2. The first-order valence-electron chi connectivity index (χ1n) is 4.83. The van der Waals surface area contributed by atoms with Gasteiger partial charge in [0.05, 0.1) is 11.3 Å². The van der Waals surface area contributed by atoms with Crippen molar-refractivity contribution in [1.82, 2.24) is 0 Å². The van der Waals surface area contributed by atoms with E-state index in [0.29, 0.717) is 11.3 Å². The molecule has 0 aliphatic heterocycles. The Morgan fingerprint density at radius 2 is 2.20 bits per heavy atom. The van der Waals surface area contributed by atoms with Crippen molar-refractivity contribution in [2.24, 2.45) is 4.99 Å². The molecule has 0 heterocycles. The summed E-state index contributed by atoms with van der Waals surface area (Å²) in [7, 11) is 0. The molecule has 0 atom stereocenters. The lowest BCUT2D eigenvalue weighted by atomic mass is 10.1. The smallest absolute Gasteiger partial charge is 0.146 e. The van der Waals surface area contributed by atoms with E-state index in [1.165, 1.54) is 6.07 Å². The molecule has 0 amide bonds. The van der Waals surface area contributed by atoms with Crippen molar-refractivity contribution < 1.29 is 4.39 Å².